The minimum absolute atomic E-state index is 0.674. The topological polar surface area (TPSA) is 27.1 Å². The lowest BCUT2D eigenvalue weighted by Gasteiger charge is -2.18. The summed E-state index contributed by atoms with van der Waals surface area (Å²) in [6, 6.07) is 14.6. The second-order valence-electron chi connectivity index (χ2n) is 4.60. The first-order valence-electron chi connectivity index (χ1n) is 6.17. The van der Waals surface area contributed by atoms with Crippen LogP contribution in [0.25, 0.3) is 10.8 Å². The zero-order chi connectivity index (χ0) is 11.7. The van der Waals surface area contributed by atoms with Crippen molar-refractivity contribution in [1.82, 2.24) is 4.90 Å². The summed E-state index contributed by atoms with van der Waals surface area (Å²) in [5.74, 6) is 0.674. The van der Waals surface area contributed by atoms with Crippen molar-refractivity contribution in [2.75, 3.05) is 13.1 Å². The van der Waals surface area contributed by atoms with Crippen LogP contribution in [0.3, 0.4) is 0 Å². The molecule has 1 aliphatic heterocycles. The smallest absolute Gasteiger partial charge is 0.128 e. The summed E-state index contributed by atoms with van der Waals surface area (Å²) in [5, 5.41) is 10.7. The molecule has 0 bridgehead atoms. The van der Waals surface area contributed by atoms with Crippen LogP contribution in [0.15, 0.2) is 42.5 Å². The SMILES string of the molecule is N=C(c1ccc2ccccc2c1)N1CCCC1. The van der Waals surface area contributed by atoms with Crippen molar-refractivity contribution in [2.45, 2.75) is 12.8 Å². The summed E-state index contributed by atoms with van der Waals surface area (Å²) >= 11 is 0. The van der Waals surface area contributed by atoms with Gasteiger partial charge in [0.2, 0.25) is 0 Å². The van der Waals surface area contributed by atoms with E-state index in [4.69, 9.17) is 5.41 Å². The molecule has 0 amide bonds. The largest absolute Gasteiger partial charge is 0.357 e. The fourth-order valence-corrected chi connectivity index (χ4v) is 2.46. The number of hydrogen-bond acceptors (Lipinski definition) is 1. The van der Waals surface area contributed by atoms with Crippen molar-refractivity contribution in [1.29, 1.82) is 5.41 Å². The normalized spacial score (nSPS) is 15.4. The molecule has 0 atom stereocenters. The van der Waals surface area contributed by atoms with E-state index in [2.05, 4.69) is 35.2 Å². The van der Waals surface area contributed by atoms with E-state index < -0.39 is 0 Å². The Morgan fingerprint density at radius 3 is 2.41 bits per heavy atom. The van der Waals surface area contributed by atoms with Gasteiger partial charge in [0.25, 0.3) is 0 Å². The second-order valence-corrected chi connectivity index (χ2v) is 4.60. The van der Waals surface area contributed by atoms with Crippen LogP contribution in [0.2, 0.25) is 0 Å². The van der Waals surface area contributed by atoms with Gasteiger partial charge in [0.15, 0.2) is 0 Å². The van der Waals surface area contributed by atoms with Gasteiger partial charge in [0.05, 0.1) is 0 Å². The zero-order valence-electron chi connectivity index (χ0n) is 9.82. The van der Waals surface area contributed by atoms with Gasteiger partial charge in [-0.05, 0) is 29.7 Å². The lowest BCUT2D eigenvalue weighted by atomic mass is 10.1. The molecule has 86 valence electrons. The standard InChI is InChI=1S/C15H16N2/c16-15(17-9-3-4-10-17)14-8-7-12-5-1-2-6-13(12)11-14/h1-2,5-8,11,16H,3-4,9-10H2. The van der Waals surface area contributed by atoms with Crippen molar-refractivity contribution in [3.05, 3.63) is 48.0 Å². The summed E-state index contributed by atoms with van der Waals surface area (Å²) < 4.78 is 0. The van der Waals surface area contributed by atoms with Gasteiger partial charge >= 0.3 is 0 Å². The van der Waals surface area contributed by atoms with E-state index in [1.807, 2.05) is 12.1 Å². The highest BCUT2D eigenvalue weighted by atomic mass is 15.2. The van der Waals surface area contributed by atoms with Crippen LogP contribution in [0.5, 0.6) is 0 Å². The lowest BCUT2D eigenvalue weighted by molar-refractivity contribution is 0.517. The van der Waals surface area contributed by atoms with E-state index in [1.54, 1.807) is 0 Å². The van der Waals surface area contributed by atoms with Gasteiger partial charge < -0.3 is 4.90 Å². The number of likely N-dealkylation sites (tertiary alicyclic amines) is 1. The number of hydrogen-bond donors (Lipinski definition) is 1. The van der Waals surface area contributed by atoms with Gasteiger partial charge in [0, 0.05) is 18.7 Å². The minimum atomic E-state index is 0.674. The first-order valence-corrected chi connectivity index (χ1v) is 6.17. The van der Waals surface area contributed by atoms with Crippen LogP contribution in [0, 0.1) is 5.41 Å². The Balaban J connectivity index is 1.97. The van der Waals surface area contributed by atoms with Crippen molar-refractivity contribution in [3.8, 4) is 0 Å². The summed E-state index contributed by atoms with van der Waals surface area (Å²) in [5.41, 5.74) is 1.03. The molecule has 0 saturated carbocycles. The number of amidine groups is 1. The average molecular weight is 224 g/mol. The second kappa shape index (κ2) is 4.21. The highest BCUT2D eigenvalue weighted by molar-refractivity contribution is 6.00. The summed E-state index contributed by atoms with van der Waals surface area (Å²) in [7, 11) is 0. The van der Waals surface area contributed by atoms with Gasteiger partial charge in [-0.15, -0.1) is 0 Å². The molecule has 3 rings (SSSR count). The molecule has 1 aliphatic rings. The van der Waals surface area contributed by atoms with Crippen LogP contribution in [-0.4, -0.2) is 23.8 Å². The van der Waals surface area contributed by atoms with E-state index in [-0.39, 0.29) is 0 Å². The molecular weight excluding hydrogens is 208 g/mol. The molecule has 0 spiro atoms. The average Bonchev–Trinajstić information content (AvgIpc) is 2.91. The number of nitrogens with one attached hydrogen (secondary N) is 1. The molecule has 0 unspecified atom stereocenters. The molecule has 0 aromatic heterocycles. The maximum atomic E-state index is 8.23. The Kier molecular flexibility index (Phi) is 2.56. The minimum Gasteiger partial charge on any atom is -0.357 e. The highest BCUT2D eigenvalue weighted by Gasteiger charge is 2.16. The third kappa shape index (κ3) is 1.91. The Labute approximate surface area is 101 Å². The first-order chi connectivity index (χ1) is 8.34. The van der Waals surface area contributed by atoms with E-state index in [1.165, 1.54) is 23.6 Å². The number of rotatable bonds is 1. The summed E-state index contributed by atoms with van der Waals surface area (Å²) in [4.78, 5) is 2.17. The molecule has 1 saturated heterocycles. The van der Waals surface area contributed by atoms with Gasteiger partial charge in [-0.1, -0.05) is 36.4 Å². The van der Waals surface area contributed by atoms with Crippen LogP contribution in [0.1, 0.15) is 18.4 Å². The maximum absolute atomic E-state index is 8.23. The van der Waals surface area contributed by atoms with Crippen molar-refractivity contribution in [2.24, 2.45) is 0 Å². The number of nitrogens with zero attached hydrogens (tertiary/aromatic N) is 1. The molecule has 2 nitrogen and oxygen atoms in total. The molecule has 17 heavy (non-hydrogen) atoms. The first kappa shape index (κ1) is 10.3. The van der Waals surface area contributed by atoms with Gasteiger partial charge in [-0.25, -0.2) is 0 Å². The molecule has 1 fully saturated rings. The van der Waals surface area contributed by atoms with E-state index >= 15 is 0 Å². The predicted octanol–water partition coefficient (Wildman–Crippen LogP) is 3.26. The Bertz CT molecular complexity index is 554. The fraction of sp³-hybridized carbons (Fsp3) is 0.267. The monoisotopic (exact) mass is 224 g/mol. The number of benzene rings is 2. The molecular formula is C15H16N2. The summed E-state index contributed by atoms with van der Waals surface area (Å²) in [6.45, 7) is 2.07. The Hall–Kier alpha value is -1.83. The zero-order valence-corrected chi connectivity index (χ0v) is 9.82. The van der Waals surface area contributed by atoms with Crippen molar-refractivity contribution in [3.63, 3.8) is 0 Å². The van der Waals surface area contributed by atoms with E-state index in [9.17, 15) is 0 Å². The van der Waals surface area contributed by atoms with E-state index in [0.29, 0.717) is 5.84 Å². The van der Waals surface area contributed by atoms with Gasteiger partial charge in [-0.3, -0.25) is 5.41 Å². The molecule has 2 aromatic rings. The third-order valence-electron chi connectivity index (χ3n) is 3.45. The van der Waals surface area contributed by atoms with Crippen LogP contribution >= 0.6 is 0 Å². The third-order valence-corrected chi connectivity index (χ3v) is 3.45. The predicted molar refractivity (Wildman–Crippen MR) is 71.6 cm³/mol. The molecule has 0 radical (unpaired) electrons. The highest BCUT2D eigenvalue weighted by Crippen LogP contribution is 2.18. The van der Waals surface area contributed by atoms with Gasteiger partial charge in [0.1, 0.15) is 5.84 Å². The lowest BCUT2D eigenvalue weighted by Crippen LogP contribution is -2.27. The van der Waals surface area contributed by atoms with Crippen LogP contribution < -0.4 is 0 Å². The van der Waals surface area contributed by atoms with Gasteiger partial charge in [-0.2, -0.15) is 0 Å². The number of fused-ring (bicyclic) bond motifs is 1. The van der Waals surface area contributed by atoms with Crippen molar-refractivity contribution < 1.29 is 0 Å². The molecule has 2 aromatic carbocycles. The fourth-order valence-electron chi connectivity index (χ4n) is 2.46. The van der Waals surface area contributed by atoms with Crippen molar-refractivity contribution >= 4 is 16.6 Å². The van der Waals surface area contributed by atoms with Crippen LogP contribution in [0.4, 0.5) is 0 Å². The summed E-state index contributed by atoms with van der Waals surface area (Å²) in [6.07, 6.45) is 2.44. The molecule has 1 heterocycles. The quantitative estimate of drug-likeness (QED) is 0.584. The molecule has 1 N–H and O–H groups in total. The maximum Gasteiger partial charge on any atom is 0.128 e. The Morgan fingerprint density at radius 1 is 0.941 bits per heavy atom. The Morgan fingerprint density at radius 2 is 1.65 bits per heavy atom. The van der Waals surface area contributed by atoms with E-state index in [0.717, 1.165) is 18.7 Å². The molecule has 0 aliphatic carbocycles. The molecule has 2 heteroatoms. The van der Waals surface area contributed by atoms with Crippen LogP contribution in [-0.2, 0) is 0 Å².